The Morgan fingerprint density at radius 3 is 2.32 bits per heavy atom. The Morgan fingerprint density at radius 1 is 1.27 bits per heavy atom. The summed E-state index contributed by atoms with van der Waals surface area (Å²) in [4.78, 5) is 0. The van der Waals surface area contributed by atoms with Crippen LogP contribution in [-0.2, 0) is 17.2 Å². The van der Waals surface area contributed by atoms with E-state index in [9.17, 15) is 0 Å². The van der Waals surface area contributed by atoms with Crippen LogP contribution in [0.4, 0.5) is 0 Å². The summed E-state index contributed by atoms with van der Waals surface area (Å²) in [5, 5.41) is 4.22. The van der Waals surface area contributed by atoms with Crippen molar-refractivity contribution in [2.75, 3.05) is 0 Å². The summed E-state index contributed by atoms with van der Waals surface area (Å²) in [6, 6.07) is 2.12. The zero-order chi connectivity index (χ0) is 17.1. The van der Waals surface area contributed by atoms with E-state index in [1.54, 1.807) is 0 Å². The molecule has 1 N–H and O–H groups in total. The second-order valence-corrected chi connectivity index (χ2v) is 64.1. The van der Waals surface area contributed by atoms with Crippen LogP contribution in [0, 0.1) is 0 Å². The molecule has 1 aromatic heterocycles. The van der Waals surface area contributed by atoms with Crippen molar-refractivity contribution < 1.29 is 10.1 Å². The van der Waals surface area contributed by atoms with Crippen LogP contribution in [0.3, 0.4) is 0 Å². The Hall–Kier alpha value is 0.231. The summed E-state index contributed by atoms with van der Waals surface area (Å²) in [6.07, 6.45) is 10.8. The molecule has 0 saturated heterocycles. The standard InChI is InChI=1S/C10H10N.C4H10N.2CH3.2ClH.H3Si.Ti/c1-11-7-6-10(8-11)9-4-2-3-5-9;1-4(2,3)5;;;;;;/h2-8H,1H3;5H,1-3H3;2*1H3;2*1H;1H3;/q;-1;;;;;;+3/p-2. The molecule has 6 heteroatoms. The average Bonchev–Trinajstić information content (AvgIpc) is 2.77. The van der Waals surface area contributed by atoms with Gasteiger partial charge in [0.1, 0.15) is 0 Å². The molecule has 0 aromatic carbocycles. The number of allylic oxidation sites excluding steroid dienone is 4. The number of nitrogens with zero attached hydrogens (tertiary/aromatic N) is 1. The van der Waals surface area contributed by atoms with E-state index in [1.807, 2.05) is 7.05 Å². The van der Waals surface area contributed by atoms with E-state index < -0.39 is 10.1 Å². The van der Waals surface area contributed by atoms with Crippen molar-refractivity contribution in [2.24, 2.45) is 7.05 Å². The molecule has 1 atom stereocenters. The molecule has 22 heavy (non-hydrogen) atoms. The molecule has 1 aliphatic rings. The zero-order valence-electron chi connectivity index (χ0n) is 14.7. The molecule has 1 aliphatic carbocycles. The van der Waals surface area contributed by atoms with Gasteiger partial charge in [-0.1, -0.05) is 0 Å². The molecule has 0 radical (unpaired) electrons. The maximum absolute atomic E-state index is 7.44. The molecule has 2 nitrogen and oxygen atoms in total. The van der Waals surface area contributed by atoms with Crippen LogP contribution in [0.1, 0.15) is 26.3 Å². The first-order chi connectivity index (χ1) is 9.41. The molecule has 0 saturated carbocycles. The molecule has 1 unspecified atom stereocenters. The van der Waals surface area contributed by atoms with Crippen molar-refractivity contribution in [1.82, 2.24) is 8.37 Å². The Labute approximate surface area is 140 Å². The molecule has 0 amide bonds. The van der Waals surface area contributed by atoms with Crippen molar-refractivity contribution in [3.05, 3.63) is 42.3 Å². The summed E-state index contributed by atoms with van der Waals surface area (Å²) >= 11 is 0. The number of aromatic nitrogens is 1. The van der Waals surface area contributed by atoms with E-state index in [2.05, 4.69) is 76.3 Å². The van der Waals surface area contributed by atoms with Gasteiger partial charge in [0.2, 0.25) is 0 Å². The van der Waals surface area contributed by atoms with Crippen LogP contribution in [0.2, 0.25) is 14.7 Å². The van der Waals surface area contributed by atoms with Crippen LogP contribution < -0.4 is 3.80 Å². The van der Waals surface area contributed by atoms with Crippen molar-refractivity contribution in [3.8, 4) is 0 Å². The summed E-state index contributed by atoms with van der Waals surface area (Å²) in [7, 11) is 12.8. The van der Waals surface area contributed by atoms with Gasteiger partial charge < -0.3 is 0 Å². The molecule has 0 spiro atoms. The van der Waals surface area contributed by atoms with E-state index in [1.165, 1.54) is 11.1 Å². The van der Waals surface area contributed by atoms with Crippen LogP contribution >= 0.6 is 18.6 Å². The summed E-state index contributed by atoms with van der Waals surface area (Å²) in [6.45, 7) is 6.39. The summed E-state index contributed by atoms with van der Waals surface area (Å²) in [5.74, 6) is 0. The zero-order valence-corrected chi connectivity index (χ0v) is 19.8. The van der Waals surface area contributed by atoms with Gasteiger partial charge in [-0.2, -0.15) is 0 Å². The van der Waals surface area contributed by atoms with Crippen LogP contribution in [0.25, 0.3) is 5.57 Å². The second-order valence-electron chi connectivity index (χ2n) is 10.3. The first-order valence-electron chi connectivity index (χ1n) is 7.87. The number of halogens is 2. The molecule has 1 aromatic rings. The third-order valence-corrected chi connectivity index (χ3v) is 18.8. The first-order valence-corrected chi connectivity index (χ1v) is 22.7. The predicted octanol–water partition coefficient (Wildman–Crippen LogP) is 4.52. The minimum atomic E-state index is -4.84. The Morgan fingerprint density at radius 2 is 1.86 bits per heavy atom. The van der Waals surface area contributed by atoms with Crippen LogP contribution in [0.15, 0.2) is 36.7 Å². The van der Waals surface area contributed by atoms with Gasteiger partial charge in [0.25, 0.3) is 0 Å². The third-order valence-electron chi connectivity index (χ3n) is 4.34. The molecule has 0 bridgehead atoms. The number of rotatable bonds is 3. The predicted molar refractivity (Wildman–Crippen MR) is 103 cm³/mol. The number of nitrogens with one attached hydrogen (secondary N) is 1. The van der Waals surface area contributed by atoms with E-state index in [-0.39, 0.29) is 9.76 Å². The van der Waals surface area contributed by atoms with Gasteiger partial charge in [-0.05, 0) is 0 Å². The summed E-state index contributed by atoms with van der Waals surface area (Å²) < 4.78 is 5.81. The van der Waals surface area contributed by atoms with Crippen molar-refractivity contribution in [1.29, 1.82) is 0 Å². The number of aryl methyl sites for hydroxylation is 1. The second kappa shape index (κ2) is 4.07. The molecular formula is C16H29Cl2N2SiTi. The third kappa shape index (κ3) is 4.00. The molecule has 125 valence electrons. The maximum atomic E-state index is 7.44. The fourth-order valence-electron chi connectivity index (χ4n) is 3.85. The van der Waals surface area contributed by atoms with Gasteiger partial charge in [-0.15, -0.1) is 0 Å². The topological polar surface area (TPSA) is 17.0 Å². The fraction of sp³-hybridized carbons (Fsp3) is 0.500. The molecule has 0 aliphatic heterocycles. The minimum absolute atomic E-state index is 0.0438. The SMILES string of the molecule is Cn1ccc(C2=C[CH]([Ti]([CH3])([CH3])([SiH3])([Cl])([Cl])[NH]C(C)(C)C)C=C2)c1. The number of hydrogen-bond donors (Lipinski definition) is 1. The van der Waals surface area contributed by atoms with Crippen molar-refractivity contribution in [3.63, 3.8) is 0 Å². The van der Waals surface area contributed by atoms with Crippen LogP contribution in [0.5, 0.6) is 0 Å². The van der Waals surface area contributed by atoms with Gasteiger partial charge in [-0.3, -0.25) is 0 Å². The van der Waals surface area contributed by atoms with Gasteiger partial charge in [-0.25, -0.2) is 0 Å². The van der Waals surface area contributed by atoms with Gasteiger partial charge in [0.15, 0.2) is 0 Å². The fourth-order valence-corrected chi connectivity index (χ4v) is 20.0. The normalized spacial score (nSPS) is 24.5. The molecule has 0 fully saturated rings. The van der Waals surface area contributed by atoms with E-state index in [0.717, 1.165) is 0 Å². The Bertz CT molecular complexity index is 695. The Balaban J connectivity index is 2.51. The van der Waals surface area contributed by atoms with Gasteiger partial charge >= 0.3 is 141 Å². The Kier molecular flexibility index (Phi) is 3.43. The van der Waals surface area contributed by atoms with Crippen molar-refractivity contribution in [2.45, 2.75) is 41.0 Å². The average molecular weight is 396 g/mol. The van der Waals surface area contributed by atoms with Gasteiger partial charge in [0.05, 0.1) is 0 Å². The quantitative estimate of drug-likeness (QED) is 0.744. The molecular weight excluding hydrogens is 367 g/mol. The first kappa shape index (κ1) is 18.6. The van der Waals surface area contributed by atoms with Crippen molar-refractivity contribution >= 4 is 32.3 Å². The van der Waals surface area contributed by atoms with E-state index in [4.69, 9.17) is 18.6 Å². The van der Waals surface area contributed by atoms with Gasteiger partial charge in [0, 0.05) is 0 Å². The molecule has 1 heterocycles. The van der Waals surface area contributed by atoms with Crippen LogP contribution in [-0.4, -0.2) is 18.2 Å². The van der Waals surface area contributed by atoms with E-state index in [0.29, 0.717) is 8.11 Å². The summed E-state index contributed by atoms with van der Waals surface area (Å²) in [5.41, 5.74) is 2.27. The van der Waals surface area contributed by atoms with E-state index >= 15 is 0 Å². The molecule has 2 rings (SSSR count). The number of hydrogen-bond acceptors (Lipinski definition) is 1. The monoisotopic (exact) mass is 395 g/mol.